The number of nitrogens with zero attached hydrogens (tertiary/aromatic N) is 2. The first-order valence-corrected chi connectivity index (χ1v) is 8.77. The van der Waals surface area contributed by atoms with Crippen molar-refractivity contribution in [2.45, 2.75) is 32.6 Å². The molecule has 26 heavy (non-hydrogen) atoms. The summed E-state index contributed by atoms with van der Waals surface area (Å²) in [6.07, 6.45) is 1.89. The van der Waals surface area contributed by atoms with Crippen LogP contribution < -0.4 is 10.6 Å². The van der Waals surface area contributed by atoms with Crippen LogP contribution in [0.25, 0.3) is 10.9 Å². The van der Waals surface area contributed by atoms with E-state index in [1.165, 1.54) is 11.9 Å². The summed E-state index contributed by atoms with van der Waals surface area (Å²) >= 11 is 0. The molecular formula is C21H24N4O. The lowest BCUT2D eigenvalue weighted by atomic mass is 9.87. The Morgan fingerprint density at radius 2 is 1.73 bits per heavy atom. The average Bonchev–Trinajstić information content (AvgIpc) is 2.61. The fraction of sp³-hybridized carbons (Fsp3) is 0.286. The van der Waals surface area contributed by atoms with Crippen LogP contribution in [0.5, 0.6) is 0 Å². The van der Waals surface area contributed by atoms with Gasteiger partial charge in [0, 0.05) is 24.0 Å². The maximum absolute atomic E-state index is 12.2. The van der Waals surface area contributed by atoms with Gasteiger partial charge in [-0.3, -0.25) is 4.79 Å². The number of para-hydroxylation sites is 1. The Bertz CT molecular complexity index is 893. The highest BCUT2D eigenvalue weighted by Crippen LogP contribution is 2.23. The van der Waals surface area contributed by atoms with E-state index in [0.717, 1.165) is 22.4 Å². The molecule has 134 valence electrons. The molecule has 1 heterocycles. The second kappa shape index (κ2) is 7.52. The predicted octanol–water partition coefficient (Wildman–Crippen LogP) is 4.37. The van der Waals surface area contributed by atoms with Gasteiger partial charge in [0.05, 0.1) is 5.52 Å². The highest BCUT2D eigenvalue weighted by molar-refractivity contribution is 5.92. The molecule has 0 saturated carbocycles. The first kappa shape index (κ1) is 17.9. The molecule has 0 atom stereocenters. The van der Waals surface area contributed by atoms with Gasteiger partial charge < -0.3 is 10.6 Å². The quantitative estimate of drug-likeness (QED) is 0.718. The van der Waals surface area contributed by atoms with Crippen molar-refractivity contribution in [2.75, 3.05) is 17.2 Å². The zero-order valence-corrected chi connectivity index (χ0v) is 15.4. The summed E-state index contributed by atoms with van der Waals surface area (Å²) in [5, 5.41) is 7.11. The summed E-state index contributed by atoms with van der Waals surface area (Å²) in [4.78, 5) is 20.7. The van der Waals surface area contributed by atoms with Gasteiger partial charge in [-0.15, -0.1) is 0 Å². The lowest BCUT2D eigenvalue weighted by Crippen LogP contribution is -2.17. The van der Waals surface area contributed by atoms with Gasteiger partial charge in [-0.1, -0.05) is 45.0 Å². The average molecular weight is 348 g/mol. The summed E-state index contributed by atoms with van der Waals surface area (Å²) in [6, 6.07) is 15.8. The van der Waals surface area contributed by atoms with E-state index in [0.29, 0.717) is 13.0 Å². The van der Waals surface area contributed by atoms with E-state index in [1.54, 1.807) is 0 Å². The molecule has 0 radical (unpaired) electrons. The van der Waals surface area contributed by atoms with Crippen molar-refractivity contribution in [3.05, 3.63) is 60.4 Å². The maximum Gasteiger partial charge on any atom is 0.226 e. The smallest absolute Gasteiger partial charge is 0.226 e. The molecule has 0 bridgehead atoms. The third kappa shape index (κ3) is 4.36. The topological polar surface area (TPSA) is 66.9 Å². The van der Waals surface area contributed by atoms with Gasteiger partial charge in [-0.05, 0) is 35.2 Å². The lowest BCUT2D eigenvalue weighted by Gasteiger charge is -2.19. The number of nitrogens with one attached hydrogen (secondary N) is 2. The van der Waals surface area contributed by atoms with E-state index in [4.69, 9.17) is 0 Å². The molecule has 5 nitrogen and oxygen atoms in total. The SMILES string of the molecule is CC(C)(C)c1ccc(NC(=O)CCNc2ncnc3ccccc23)cc1. The molecule has 2 aromatic carbocycles. The van der Waals surface area contributed by atoms with E-state index >= 15 is 0 Å². The molecular weight excluding hydrogens is 324 g/mol. The number of fused-ring (bicyclic) bond motifs is 1. The fourth-order valence-corrected chi connectivity index (χ4v) is 2.72. The molecule has 0 aliphatic carbocycles. The molecule has 2 N–H and O–H groups in total. The van der Waals surface area contributed by atoms with Crippen molar-refractivity contribution in [3.63, 3.8) is 0 Å². The van der Waals surface area contributed by atoms with Crippen molar-refractivity contribution >= 4 is 28.3 Å². The van der Waals surface area contributed by atoms with E-state index in [2.05, 4.69) is 53.5 Å². The lowest BCUT2D eigenvalue weighted by molar-refractivity contribution is -0.115. The molecule has 0 saturated heterocycles. The van der Waals surface area contributed by atoms with Crippen LogP contribution in [-0.4, -0.2) is 22.4 Å². The van der Waals surface area contributed by atoms with E-state index < -0.39 is 0 Å². The minimum atomic E-state index is -0.0284. The van der Waals surface area contributed by atoms with Crippen LogP contribution >= 0.6 is 0 Å². The number of hydrogen-bond donors (Lipinski definition) is 2. The number of hydrogen-bond acceptors (Lipinski definition) is 4. The number of aromatic nitrogens is 2. The Labute approximate surface area is 153 Å². The molecule has 5 heteroatoms. The first-order valence-electron chi connectivity index (χ1n) is 8.77. The van der Waals surface area contributed by atoms with E-state index in [1.807, 2.05) is 36.4 Å². The Morgan fingerprint density at radius 1 is 1.00 bits per heavy atom. The van der Waals surface area contributed by atoms with Gasteiger partial charge in [0.2, 0.25) is 5.91 Å². The third-order valence-electron chi connectivity index (χ3n) is 4.22. The fourth-order valence-electron chi connectivity index (χ4n) is 2.72. The zero-order valence-electron chi connectivity index (χ0n) is 15.4. The number of carbonyl (C=O) groups excluding carboxylic acids is 1. The predicted molar refractivity (Wildman–Crippen MR) is 106 cm³/mol. The van der Waals surface area contributed by atoms with Crippen LogP contribution in [0.1, 0.15) is 32.8 Å². The normalized spacial score (nSPS) is 11.3. The summed E-state index contributed by atoms with van der Waals surface area (Å²) in [6.45, 7) is 7.02. The van der Waals surface area contributed by atoms with Gasteiger partial charge in [0.25, 0.3) is 0 Å². The van der Waals surface area contributed by atoms with Crippen molar-refractivity contribution in [3.8, 4) is 0 Å². The van der Waals surface area contributed by atoms with E-state index in [9.17, 15) is 4.79 Å². The summed E-state index contributed by atoms with van der Waals surface area (Å²) in [7, 11) is 0. The summed E-state index contributed by atoms with van der Waals surface area (Å²) in [5.74, 6) is 0.720. The van der Waals surface area contributed by atoms with Crippen molar-refractivity contribution in [2.24, 2.45) is 0 Å². The number of anilines is 2. The molecule has 1 amide bonds. The highest BCUT2D eigenvalue weighted by Gasteiger charge is 2.13. The number of rotatable bonds is 5. The molecule has 0 aliphatic heterocycles. The largest absolute Gasteiger partial charge is 0.369 e. The molecule has 0 aliphatic rings. The van der Waals surface area contributed by atoms with Crippen molar-refractivity contribution in [1.29, 1.82) is 0 Å². The highest BCUT2D eigenvalue weighted by atomic mass is 16.1. The zero-order chi connectivity index (χ0) is 18.6. The van der Waals surface area contributed by atoms with Crippen LogP contribution in [0.4, 0.5) is 11.5 Å². The number of carbonyl (C=O) groups is 1. The van der Waals surface area contributed by atoms with Gasteiger partial charge in [-0.2, -0.15) is 0 Å². The molecule has 0 fully saturated rings. The minimum absolute atomic E-state index is 0.0284. The first-order chi connectivity index (χ1) is 12.4. The second-order valence-electron chi connectivity index (χ2n) is 7.29. The molecule has 1 aromatic heterocycles. The molecule has 3 rings (SSSR count). The summed E-state index contributed by atoms with van der Waals surface area (Å²) < 4.78 is 0. The van der Waals surface area contributed by atoms with Gasteiger partial charge in [0.1, 0.15) is 12.1 Å². The summed E-state index contributed by atoms with van der Waals surface area (Å²) in [5.41, 5.74) is 3.05. The molecule has 0 spiro atoms. The molecule has 0 unspecified atom stereocenters. The molecule has 3 aromatic rings. The maximum atomic E-state index is 12.2. The van der Waals surface area contributed by atoms with Crippen LogP contribution in [0.15, 0.2) is 54.9 Å². The standard InChI is InChI=1S/C21H24N4O/c1-21(2,3)15-8-10-16(11-9-15)25-19(26)12-13-22-20-17-6-4-5-7-18(17)23-14-24-20/h4-11,14H,12-13H2,1-3H3,(H,25,26)(H,22,23,24). The Morgan fingerprint density at radius 3 is 2.46 bits per heavy atom. The Kier molecular flexibility index (Phi) is 5.16. The van der Waals surface area contributed by atoms with Crippen molar-refractivity contribution < 1.29 is 4.79 Å². The Hall–Kier alpha value is -2.95. The van der Waals surface area contributed by atoms with Gasteiger partial charge in [0.15, 0.2) is 0 Å². The van der Waals surface area contributed by atoms with Crippen LogP contribution in [-0.2, 0) is 10.2 Å². The van der Waals surface area contributed by atoms with Crippen LogP contribution in [0, 0.1) is 0 Å². The van der Waals surface area contributed by atoms with E-state index in [-0.39, 0.29) is 11.3 Å². The number of benzene rings is 2. The van der Waals surface area contributed by atoms with Crippen molar-refractivity contribution in [1.82, 2.24) is 9.97 Å². The number of amides is 1. The van der Waals surface area contributed by atoms with Gasteiger partial charge in [-0.25, -0.2) is 9.97 Å². The van der Waals surface area contributed by atoms with Gasteiger partial charge >= 0.3 is 0 Å². The minimum Gasteiger partial charge on any atom is -0.369 e. The van der Waals surface area contributed by atoms with Crippen LogP contribution in [0.2, 0.25) is 0 Å². The van der Waals surface area contributed by atoms with Crippen LogP contribution in [0.3, 0.4) is 0 Å². The Balaban J connectivity index is 1.54. The second-order valence-corrected chi connectivity index (χ2v) is 7.29. The third-order valence-corrected chi connectivity index (χ3v) is 4.22. The monoisotopic (exact) mass is 348 g/mol.